The molecule has 1 amide bonds. The predicted molar refractivity (Wildman–Crippen MR) is 99.9 cm³/mol. The fourth-order valence-corrected chi connectivity index (χ4v) is 3.30. The topological polar surface area (TPSA) is 23.6 Å². The van der Waals surface area contributed by atoms with Crippen molar-refractivity contribution >= 4 is 23.2 Å². The third-order valence-electron chi connectivity index (χ3n) is 4.69. The van der Waals surface area contributed by atoms with Crippen molar-refractivity contribution in [3.05, 3.63) is 64.2 Å². The Labute approximate surface area is 148 Å². The predicted octanol–water partition coefficient (Wildman–Crippen LogP) is 3.85. The summed E-state index contributed by atoms with van der Waals surface area (Å²) in [5.41, 5.74) is 4.59. The lowest BCUT2D eigenvalue weighted by Gasteiger charge is -2.37. The van der Waals surface area contributed by atoms with Gasteiger partial charge in [0.25, 0.3) is 0 Å². The van der Waals surface area contributed by atoms with E-state index in [1.807, 2.05) is 36.1 Å². The normalized spacial score (nSPS) is 14.8. The molecule has 126 valence electrons. The smallest absolute Gasteiger partial charge is 0.227 e. The molecule has 4 heteroatoms. The number of anilines is 1. The highest BCUT2D eigenvalue weighted by Crippen LogP contribution is 2.27. The number of hydrogen-bond acceptors (Lipinski definition) is 2. The summed E-state index contributed by atoms with van der Waals surface area (Å²) in [5.74, 6) is 0.210. The van der Waals surface area contributed by atoms with Gasteiger partial charge in [0, 0.05) is 36.9 Å². The van der Waals surface area contributed by atoms with Crippen LogP contribution in [0.5, 0.6) is 0 Å². The average molecular weight is 343 g/mol. The number of hydrogen-bond donors (Lipinski definition) is 0. The zero-order chi connectivity index (χ0) is 17.1. The first-order chi connectivity index (χ1) is 11.5. The van der Waals surface area contributed by atoms with Crippen LogP contribution in [0.25, 0.3) is 0 Å². The van der Waals surface area contributed by atoms with E-state index in [-0.39, 0.29) is 5.91 Å². The summed E-state index contributed by atoms with van der Waals surface area (Å²) >= 11 is 6.22. The number of amides is 1. The largest absolute Gasteiger partial charge is 0.368 e. The molecule has 1 fully saturated rings. The first-order valence-electron chi connectivity index (χ1n) is 8.38. The second kappa shape index (κ2) is 7.27. The molecule has 3 rings (SSSR count). The molecule has 1 heterocycles. The highest BCUT2D eigenvalue weighted by Gasteiger charge is 2.22. The maximum atomic E-state index is 12.5. The molecule has 0 radical (unpaired) electrons. The van der Waals surface area contributed by atoms with Gasteiger partial charge in [-0.25, -0.2) is 0 Å². The number of carbonyl (C=O) groups excluding carboxylic acids is 1. The molecule has 0 bridgehead atoms. The molecule has 0 unspecified atom stereocenters. The van der Waals surface area contributed by atoms with Crippen LogP contribution < -0.4 is 4.90 Å². The van der Waals surface area contributed by atoms with Crippen LogP contribution in [0.2, 0.25) is 5.02 Å². The van der Waals surface area contributed by atoms with Crippen LogP contribution in [-0.4, -0.2) is 37.0 Å². The number of piperazine rings is 1. The van der Waals surface area contributed by atoms with Crippen LogP contribution in [0.3, 0.4) is 0 Å². The molecule has 0 saturated carbocycles. The quantitative estimate of drug-likeness (QED) is 0.846. The Bertz CT molecular complexity index is 719. The van der Waals surface area contributed by atoms with E-state index in [0.29, 0.717) is 6.42 Å². The van der Waals surface area contributed by atoms with Gasteiger partial charge in [-0.3, -0.25) is 4.79 Å². The van der Waals surface area contributed by atoms with Crippen molar-refractivity contribution in [1.29, 1.82) is 0 Å². The molecule has 1 aliphatic heterocycles. The van der Waals surface area contributed by atoms with Crippen LogP contribution in [0, 0.1) is 13.8 Å². The number of aryl methyl sites for hydroxylation is 1. The fourth-order valence-electron chi connectivity index (χ4n) is 3.13. The number of rotatable bonds is 3. The van der Waals surface area contributed by atoms with E-state index in [1.54, 1.807) is 0 Å². The van der Waals surface area contributed by atoms with E-state index in [9.17, 15) is 4.79 Å². The van der Waals surface area contributed by atoms with Gasteiger partial charge in [0.05, 0.1) is 6.42 Å². The first-order valence-corrected chi connectivity index (χ1v) is 8.76. The standard InChI is InChI=1S/C20H23ClN2O/c1-15-6-8-17(9-7-15)14-20(24)23-12-10-22(11-13-23)19-5-3-4-18(21)16(19)2/h3-9H,10-14H2,1-2H3. The van der Waals surface area contributed by atoms with E-state index in [0.717, 1.165) is 42.3 Å². The Hall–Kier alpha value is -2.00. The van der Waals surface area contributed by atoms with Crippen LogP contribution >= 0.6 is 11.6 Å². The number of carbonyl (C=O) groups is 1. The molecule has 0 aromatic heterocycles. The molecule has 24 heavy (non-hydrogen) atoms. The van der Waals surface area contributed by atoms with Crippen LogP contribution in [-0.2, 0) is 11.2 Å². The average Bonchev–Trinajstić information content (AvgIpc) is 2.59. The molecule has 0 atom stereocenters. The zero-order valence-electron chi connectivity index (χ0n) is 14.3. The third-order valence-corrected chi connectivity index (χ3v) is 5.10. The van der Waals surface area contributed by atoms with E-state index in [1.165, 1.54) is 11.3 Å². The Morgan fingerprint density at radius 2 is 1.67 bits per heavy atom. The van der Waals surface area contributed by atoms with E-state index < -0.39 is 0 Å². The molecule has 1 saturated heterocycles. The van der Waals surface area contributed by atoms with Crippen molar-refractivity contribution in [2.24, 2.45) is 0 Å². The van der Waals surface area contributed by atoms with Crippen LogP contribution in [0.1, 0.15) is 16.7 Å². The molecule has 0 spiro atoms. The van der Waals surface area contributed by atoms with Crippen molar-refractivity contribution in [2.45, 2.75) is 20.3 Å². The van der Waals surface area contributed by atoms with Gasteiger partial charge in [0.15, 0.2) is 0 Å². The Balaban J connectivity index is 1.59. The van der Waals surface area contributed by atoms with E-state index in [2.05, 4.69) is 30.0 Å². The highest BCUT2D eigenvalue weighted by molar-refractivity contribution is 6.31. The van der Waals surface area contributed by atoms with Gasteiger partial charge in [-0.1, -0.05) is 47.5 Å². The van der Waals surface area contributed by atoms with Crippen molar-refractivity contribution < 1.29 is 4.79 Å². The van der Waals surface area contributed by atoms with Gasteiger partial charge in [0.2, 0.25) is 5.91 Å². The summed E-state index contributed by atoms with van der Waals surface area (Å²) in [7, 11) is 0. The Morgan fingerprint density at radius 3 is 2.33 bits per heavy atom. The van der Waals surface area contributed by atoms with Crippen molar-refractivity contribution in [3.63, 3.8) is 0 Å². The van der Waals surface area contributed by atoms with Crippen LogP contribution in [0.4, 0.5) is 5.69 Å². The molecule has 1 aliphatic rings. The van der Waals surface area contributed by atoms with E-state index >= 15 is 0 Å². The number of benzene rings is 2. The second-order valence-corrected chi connectivity index (χ2v) is 6.82. The monoisotopic (exact) mass is 342 g/mol. The highest BCUT2D eigenvalue weighted by atomic mass is 35.5. The molecular weight excluding hydrogens is 320 g/mol. The maximum Gasteiger partial charge on any atom is 0.227 e. The van der Waals surface area contributed by atoms with Gasteiger partial charge in [0.1, 0.15) is 0 Å². The minimum absolute atomic E-state index is 0.210. The van der Waals surface area contributed by atoms with Gasteiger partial charge < -0.3 is 9.80 Å². The molecule has 2 aromatic rings. The minimum atomic E-state index is 0.210. The van der Waals surface area contributed by atoms with Crippen molar-refractivity contribution in [2.75, 3.05) is 31.1 Å². The van der Waals surface area contributed by atoms with Crippen LogP contribution in [0.15, 0.2) is 42.5 Å². The molecule has 3 nitrogen and oxygen atoms in total. The Morgan fingerprint density at radius 1 is 1.00 bits per heavy atom. The van der Waals surface area contributed by atoms with Gasteiger partial charge in [-0.2, -0.15) is 0 Å². The fraction of sp³-hybridized carbons (Fsp3) is 0.350. The van der Waals surface area contributed by atoms with E-state index in [4.69, 9.17) is 11.6 Å². The summed E-state index contributed by atoms with van der Waals surface area (Å²) in [5, 5.41) is 0.797. The lowest BCUT2D eigenvalue weighted by molar-refractivity contribution is -0.130. The zero-order valence-corrected chi connectivity index (χ0v) is 15.0. The first kappa shape index (κ1) is 16.8. The molecule has 2 aromatic carbocycles. The maximum absolute atomic E-state index is 12.5. The lowest BCUT2D eigenvalue weighted by Crippen LogP contribution is -2.49. The van der Waals surface area contributed by atoms with Gasteiger partial charge in [-0.15, -0.1) is 0 Å². The summed E-state index contributed by atoms with van der Waals surface area (Å²) in [6.45, 7) is 7.32. The molecular formula is C20H23ClN2O. The van der Waals surface area contributed by atoms with Crippen molar-refractivity contribution in [3.8, 4) is 0 Å². The SMILES string of the molecule is Cc1ccc(CC(=O)N2CCN(c3cccc(Cl)c3C)CC2)cc1. The summed E-state index contributed by atoms with van der Waals surface area (Å²) in [4.78, 5) is 16.8. The van der Waals surface area contributed by atoms with Gasteiger partial charge >= 0.3 is 0 Å². The number of nitrogens with zero attached hydrogens (tertiary/aromatic N) is 2. The van der Waals surface area contributed by atoms with Crippen molar-refractivity contribution in [1.82, 2.24) is 4.90 Å². The number of halogens is 1. The Kier molecular flexibility index (Phi) is 5.10. The third kappa shape index (κ3) is 3.73. The second-order valence-electron chi connectivity index (χ2n) is 6.41. The molecule has 0 N–H and O–H groups in total. The minimum Gasteiger partial charge on any atom is -0.368 e. The summed E-state index contributed by atoms with van der Waals surface area (Å²) < 4.78 is 0. The summed E-state index contributed by atoms with van der Waals surface area (Å²) in [6, 6.07) is 14.2. The lowest BCUT2D eigenvalue weighted by atomic mass is 10.1. The van der Waals surface area contributed by atoms with Gasteiger partial charge in [-0.05, 0) is 37.1 Å². The summed E-state index contributed by atoms with van der Waals surface area (Å²) in [6.07, 6.45) is 0.483. The molecule has 0 aliphatic carbocycles.